The number of anilines is 1. The van der Waals surface area contributed by atoms with E-state index >= 15 is 0 Å². The fraction of sp³-hybridized carbons (Fsp3) is 0.385. The minimum atomic E-state index is -0.839. The summed E-state index contributed by atoms with van der Waals surface area (Å²) in [6.07, 6.45) is 0.516. The summed E-state index contributed by atoms with van der Waals surface area (Å²) in [7, 11) is 0. The van der Waals surface area contributed by atoms with Crippen LogP contribution in [0.3, 0.4) is 0 Å². The number of amides is 1. The maximum absolute atomic E-state index is 12.2. The smallest absolute Gasteiger partial charge is 0.308 e. The third-order valence-electron chi connectivity index (χ3n) is 3.35. The summed E-state index contributed by atoms with van der Waals surface area (Å²) >= 11 is 0. The van der Waals surface area contributed by atoms with Crippen molar-refractivity contribution in [2.75, 3.05) is 18.8 Å². The molecular weight excluding hydrogens is 232 g/mol. The molecule has 1 aromatic carbocycles. The van der Waals surface area contributed by atoms with Crippen LogP contribution in [0, 0.1) is 12.8 Å². The number of aryl methyl sites for hydroxylation is 1. The van der Waals surface area contributed by atoms with E-state index < -0.39 is 11.9 Å². The number of hydrogen-bond acceptors (Lipinski definition) is 3. The predicted octanol–water partition coefficient (Wildman–Crippen LogP) is 1.12. The van der Waals surface area contributed by atoms with Gasteiger partial charge in [-0.3, -0.25) is 9.59 Å². The van der Waals surface area contributed by atoms with Crippen molar-refractivity contribution >= 4 is 17.6 Å². The Balaban J connectivity index is 2.12. The molecule has 1 amide bonds. The molecule has 0 spiro atoms. The number of nitrogens with two attached hydrogens (primary N) is 1. The third-order valence-corrected chi connectivity index (χ3v) is 3.35. The van der Waals surface area contributed by atoms with Crippen LogP contribution in [0.1, 0.15) is 22.3 Å². The molecule has 1 saturated heterocycles. The van der Waals surface area contributed by atoms with Gasteiger partial charge in [-0.05, 0) is 31.0 Å². The molecule has 1 unspecified atom stereocenters. The lowest BCUT2D eigenvalue weighted by molar-refractivity contribution is -0.141. The Bertz CT molecular complexity index is 499. The van der Waals surface area contributed by atoms with Gasteiger partial charge >= 0.3 is 5.97 Å². The van der Waals surface area contributed by atoms with Crippen LogP contribution < -0.4 is 5.73 Å². The van der Waals surface area contributed by atoms with Crippen molar-refractivity contribution in [3.63, 3.8) is 0 Å². The molecule has 5 heteroatoms. The van der Waals surface area contributed by atoms with Crippen LogP contribution >= 0.6 is 0 Å². The van der Waals surface area contributed by atoms with Crippen LogP contribution in [0.25, 0.3) is 0 Å². The zero-order chi connectivity index (χ0) is 13.3. The van der Waals surface area contributed by atoms with Crippen LogP contribution in [-0.2, 0) is 4.79 Å². The van der Waals surface area contributed by atoms with E-state index in [4.69, 9.17) is 10.8 Å². The summed E-state index contributed by atoms with van der Waals surface area (Å²) in [5, 5.41) is 8.91. The first-order chi connectivity index (χ1) is 8.49. The van der Waals surface area contributed by atoms with Gasteiger partial charge < -0.3 is 15.7 Å². The molecular formula is C13H16N2O3. The third kappa shape index (κ3) is 2.30. The van der Waals surface area contributed by atoms with Gasteiger partial charge in [0.1, 0.15) is 0 Å². The van der Waals surface area contributed by atoms with Crippen molar-refractivity contribution in [3.8, 4) is 0 Å². The number of nitrogens with zero attached hydrogens (tertiary/aromatic N) is 1. The van der Waals surface area contributed by atoms with E-state index in [0.717, 1.165) is 5.56 Å². The van der Waals surface area contributed by atoms with Gasteiger partial charge in [0.2, 0.25) is 0 Å². The fourth-order valence-electron chi connectivity index (χ4n) is 2.10. The Kier molecular flexibility index (Phi) is 3.23. The molecule has 1 aromatic rings. The number of carboxylic acids is 1. The highest BCUT2D eigenvalue weighted by molar-refractivity contribution is 5.95. The van der Waals surface area contributed by atoms with Gasteiger partial charge in [-0.1, -0.05) is 6.07 Å². The second kappa shape index (κ2) is 4.68. The van der Waals surface area contributed by atoms with E-state index in [1.807, 2.05) is 6.92 Å². The number of aliphatic carboxylic acids is 1. The van der Waals surface area contributed by atoms with Crippen LogP contribution in [-0.4, -0.2) is 35.0 Å². The number of carboxylic acid groups (broad SMARTS) is 1. The highest BCUT2D eigenvalue weighted by atomic mass is 16.4. The lowest BCUT2D eigenvalue weighted by Gasteiger charge is -2.16. The number of nitrogen functional groups attached to an aromatic ring is 1. The van der Waals surface area contributed by atoms with E-state index in [1.165, 1.54) is 0 Å². The quantitative estimate of drug-likeness (QED) is 0.768. The van der Waals surface area contributed by atoms with Crippen molar-refractivity contribution in [2.45, 2.75) is 13.3 Å². The van der Waals surface area contributed by atoms with Crippen LogP contribution in [0.4, 0.5) is 5.69 Å². The Morgan fingerprint density at radius 2 is 2.17 bits per heavy atom. The van der Waals surface area contributed by atoms with E-state index in [1.54, 1.807) is 23.1 Å². The van der Waals surface area contributed by atoms with Crippen molar-refractivity contribution in [3.05, 3.63) is 29.3 Å². The number of hydrogen-bond donors (Lipinski definition) is 2. The van der Waals surface area contributed by atoms with Crippen LogP contribution in [0.2, 0.25) is 0 Å². The molecule has 1 aliphatic rings. The van der Waals surface area contributed by atoms with E-state index in [0.29, 0.717) is 24.2 Å². The van der Waals surface area contributed by atoms with E-state index in [-0.39, 0.29) is 12.5 Å². The van der Waals surface area contributed by atoms with Gasteiger partial charge in [-0.15, -0.1) is 0 Å². The number of carbonyl (C=O) groups is 2. The topological polar surface area (TPSA) is 83.6 Å². The first-order valence-corrected chi connectivity index (χ1v) is 5.87. The maximum atomic E-state index is 12.2. The van der Waals surface area contributed by atoms with Gasteiger partial charge in [-0.25, -0.2) is 0 Å². The Morgan fingerprint density at radius 3 is 2.72 bits per heavy atom. The van der Waals surface area contributed by atoms with Crippen molar-refractivity contribution in [1.82, 2.24) is 4.90 Å². The average molecular weight is 248 g/mol. The average Bonchev–Trinajstić information content (AvgIpc) is 2.81. The Labute approximate surface area is 105 Å². The largest absolute Gasteiger partial charge is 0.481 e. The van der Waals surface area contributed by atoms with Gasteiger partial charge in [0.25, 0.3) is 5.91 Å². The normalized spacial score (nSPS) is 18.9. The summed E-state index contributed by atoms with van der Waals surface area (Å²) in [6, 6.07) is 5.17. The highest BCUT2D eigenvalue weighted by Gasteiger charge is 2.31. The molecule has 3 N–H and O–H groups in total. The van der Waals surface area contributed by atoms with Crippen molar-refractivity contribution < 1.29 is 14.7 Å². The monoisotopic (exact) mass is 248 g/mol. The molecule has 18 heavy (non-hydrogen) atoms. The van der Waals surface area contributed by atoms with Gasteiger partial charge in [-0.2, -0.15) is 0 Å². The molecule has 96 valence electrons. The molecule has 1 heterocycles. The predicted molar refractivity (Wildman–Crippen MR) is 67.2 cm³/mol. The molecule has 0 radical (unpaired) electrons. The Morgan fingerprint density at radius 1 is 1.44 bits per heavy atom. The fourth-order valence-corrected chi connectivity index (χ4v) is 2.10. The number of likely N-dealkylation sites (tertiary alicyclic amines) is 1. The maximum Gasteiger partial charge on any atom is 0.308 e. The zero-order valence-electron chi connectivity index (χ0n) is 10.2. The second-order valence-corrected chi connectivity index (χ2v) is 4.65. The molecule has 0 aromatic heterocycles. The lowest BCUT2D eigenvalue weighted by Crippen LogP contribution is -2.30. The summed E-state index contributed by atoms with van der Waals surface area (Å²) in [5.41, 5.74) is 7.79. The summed E-state index contributed by atoms with van der Waals surface area (Å²) < 4.78 is 0. The number of benzene rings is 1. The van der Waals surface area contributed by atoms with Crippen molar-refractivity contribution in [2.24, 2.45) is 5.92 Å². The van der Waals surface area contributed by atoms with Crippen molar-refractivity contribution in [1.29, 1.82) is 0 Å². The Hall–Kier alpha value is -2.04. The number of carbonyl (C=O) groups excluding carboxylic acids is 1. The molecule has 0 saturated carbocycles. The van der Waals surface area contributed by atoms with Crippen LogP contribution in [0.15, 0.2) is 18.2 Å². The molecule has 1 fully saturated rings. The molecule has 2 rings (SSSR count). The van der Waals surface area contributed by atoms with E-state index in [2.05, 4.69) is 0 Å². The van der Waals surface area contributed by atoms with Gasteiger partial charge in [0.15, 0.2) is 0 Å². The highest BCUT2D eigenvalue weighted by Crippen LogP contribution is 2.20. The molecule has 1 atom stereocenters. The zero-order valence-corrected chi connectivity index (χ0v) is 10.2. The first kappa shape index (κ1) is 12.4. The summed E-state index contributed by atoms with van der Waals surface area (Å²) in [5.74, 6) is -1.43. The molecule has 5 nitrogen and oxygen atoms in total. The SMILES string of the molecule is Cc1ccc(C(=O)N2CCC(C(=O)O)C2)cc1N. The minimum Gasteiger partial charge on any atom is -0.481 e. The summed E-state index contributed by atoms with van der Waals surface area (Å²) in [6.45, 7) is 2.64. The van der Waals surface area contributed by atoms with E-state index in [9.17, 15) is 9.59 Å². The minimum absolute atomic E-state index is 0.148. The molecule has 0 bridgehead atoms. The molecule has 0 aliphatic carbocycles. The first-order valence-electron chi connectivity index (χ1n) is 5.87. The van der Waals surface area contributed by atoms with Crippen LogP contribution in [0.5, 0.6) is 0 Å². The van der Waals surface area contributed by atoms with Gasteiger partial charge in [0.05, 0.1) is 5.92 Å². The number of rotatable bonds is 2. The standard InChI is InChI=1S/C13H16N2O3/c1-8-2-3-9(6-11(8)14)12(16)15-5-4-10(7-15)13(17)18/h2-3,6,10H,4-5,7,14H2,1H3,(H,17,18). The lowest BCUT2D eigenvalue weighted by atomic mass is 10.1. The molecule has 1 aliphatic heterocycles. The summed E-state index contributed by atoms with van der Waals surface area (Å²) in [4.78, 5) is 24.6. The van der Waals surface area contributed by atoms with Gasteiger partial charge in [0, 0.05) is 24.3 Å². The second-order valence-electron chi connectivity index (χ2n) is 4.65.